The average molecular weight is 455 g/mol. The molecule has 7 nitrogen and oxygen atoms in total. The van der Waals surface area contributed by atoms with Gasteiger partial charge in [-0.3, -0.25) is 0 Å². The van der Waals surface area contributed by atoms with Crippen molar-refractivity contribution in [1.82, 2.24) is 0 Å². The van der Waals surface area contributed by atoms with Crippen molar-refractivity contribution in [2.24, 2.45) is 0 Å². The molecule has 2 aromatic carbocycles. The molecule has 2 aliphatic heterocycles. The molecule has 1 aliphatic carbocycles. The zero-order valence-electron chi connectivity index (χ0n) is 18.6. The maximum Gasteiger partial charge on any atom is 0.344 e. The Bertz CT molecular complexity index is 895. The Hall–Kier alpha value is -2.77. The zero-order valence-corrected chi connectivity index (χ0v) is 18.6. The molecule has 2 unspecified atom stereocenters. The third kappa shape index (κ3) is 6.85. The van der Waals surface area contributed by atoms with Gasteiger partial charge in [0.1, 0.15) is 48.8 Å². The minimum absolute atomic E-state index is 0.0427. The summed E-state index contributed by atoms with van der Waals surface area (Å²) in [5.41, 5.74) is 1.32. The molecule has 5 rings (SSSR count). The lowest BCUT2D eigenvalue weighted by atomic mass is 9.83. The van der Waals surface area contributed by atoms with Crippen LogP contribution in [-0.4, -0.2) is 57.3 Å². The highest BCUT2D eigenvalue weighted by atomic mass is 16.6. The second-order valence-corrected chi connectivity index (χ2v) is 8.83. The first-order chi connectivity index (χ1) is 16.2. The van der Waals surface area contributed by atoms with Gasteiger partial charge in [-0.15, -0.1) is 0 Å². The lowest BCUT2D eigenvalue weighted by Crippen LogP contribution is -2.26. The molecule has 3 aliphatic rings. The number of carbonyl (C=O) groups is 1. The predicted molar refractivity (Wildman–Crippen MR) is 120 cm³/mol. The monoisotopic (exact) mass is 454 g/mol. The molecule has 0 N–H and O–H groups in total. The first kappa shape index (κ1) is 22.0. The highest BCUT2D eigenvalue weighted by molar-refractivity contribution is 5.71. The summed E-state index contributed by atoms with van der Waals surface area (Å²) < 4.78 is 32.8. The number of epoxide rings is 2. The molecule has 3 fully saturated rings. The van der Waals surface area contributed by atoms with Crippen LogP contribution in [0.15, 0.2) is 48.5 Å². The van der Waals surface area contributed by atoms with Gasteiger partial charge in [0.15, 0.2) is 6.61 Å². The summed E-state index contributed by atoms with van der Waals surface area (Å²) in [6, 6.07) is 15.6. The molecule has 2 aromatic rings. The third-order valence-electron chi connectivity index (χ3n) is 6.18. The van der Waals surface area contributed by atoms with Crippen molar-refractivity contribution in [3.63, 3.8) is 0 Å². The second-order valence-electron chi connectivity index (χ2n) is 8.83. The van der Waals surface area contributed by atoms with Crippen molar-refractivity contribution in [3.05, 3.63) is 54.1 Å². The molecule has 0 spiro atoms. The Balaban J connectivity index is 0.993. The molecule has 2 saturated heterocycles. The van der Waals surface area contributed by atoms with E-state index in [1.54, 1.807) is 12.1 Å². The van der Waals surface area contributed by atoms with Gasteiger partial charge in [0.05, 0.1) is 13.2 Å². The van der Waals surface area contributed by atoms with Crippen LogP contribution >= 0.6 is 0 Å². The number of carbonyl (C=O) groups excluding carboxylic acids is 1. The molecular formula is C26H30O7. The van der Waals surface area contributed by atoms with Crippen LogP contribution in [0, 0.1) is 0 Å². The van der Waals surface area contributed by atoms with Crippen LogP contribution in [0.25, 0.3) is 0 Å². The second kappa shape index (κ2) is 10.4. The van der Waals surface area contributed by atoms with Crippen LogP contribution < -0.4 is 14.2 Å². The molecular weight excluding hydrogens is 424 g/mol. The van der Waals surface area contributed by atoms with E-state index in [0.717, 1.165) is 50.4 Å². The number of benzene rings is 2. The molecule has 0 aromatic heterocycles. The SMILES string of the molecule is O=C(COc1ccc(OCC2CO2)cc1)O[C@H]1CC[C@H](c2ccc(OCC3CO3)cc2)CC1. The molecule has 0 bridgehead atoms. The molecule has 2 heterocycles. The summed E-state index contributed by atoms with van der Waals surface area (Å²) in [4.78, 5) is 12.2. The summed E-state index contributed by atoms with van der Waals surface area (Å²) >= 11 is 0. The summed E-state index contributed by atoms with van der Waals surface area (Å²) in [5.74, 6) is 2.41. The molecule has 0 amide bonds. The van der Waals surface area contributed by atoms with Crippen molar-refractivity contribution in [1.29, 1.82) is 0 Å². The zero-order chi connectivity index (χ0) is 22.5. The van der Waals surface area contributed by atoms with E-state index >= 15 is 0 Å². The van der Waals surface area contributed by atoms with E-state index < -0.39 is 0 Å². The summed E-state index contributed by atoms with van der Waals surface area (Å²) in [6.45, 7) is 2.66. The average Bonchev–Trinajstić information content (AvgIpc) is 3.77. The largest absolute Gasteiger partial charge is 0.491 e. The molecule has 7 heteroatoms. The minimum Gasteiger partial charge on any atom is -0.491 e. The third-order valence-corrected chi connectivity index (χ3v) is 6.18. The molecule has 1 saturated carbocycles. The van der Waals surface area contributed by atoms with E-state index in [-0.39, 0.29) is 30.9 Å². The highest BCUT2D eigenvalue weighted by Crippen LogP contribution is 2.35. The topological polar surface area (TPSA) is 79.1 Å². The van der Waals surface area contributed by atoms with Gasteiger partial charge in [-0.2, -0.15) is 0 Å². The van der Waals surface area contributed by atoms with E-state index in [2.05, 4.69) is 12.1 Å². The van der Waals surface area contributed by atoms with E-state index in [0.29, 0.717) is 24.9 Å². The van der Waals surface area contributed by atoms with Gasteiger partial charge in [0, 0.05) is 0 Å². The highest BCUT2D eigenvalue weighted by Gasteiger charge is 2.26. The van der Waals surface area contributed by atoms with Crippen molar-refractivity contribution in [3.8, 4) is 17.2 Å². The van der Waals surface area contributed by atoms with E-state index in [1.165, 1.54) is 5.56 Å². The van der Waals surface area contributed by atoms with E-state index in [9.17, 15) is 4.79 Å². The Morgan fingerprint density at radius 1 is 0.727 bits per heavy atom. The van der Waals surface area contributed by atoms with Gasteiger partial charge in [-0.05, 0) is 73.6 Å². The Morgan fingerprint density at radius 3 is 1.73 bits per heavy atom. The van der Waals surface area contributed by atoms with Gasteiger partial charge < -0.3 is 28.4 Å². The van der Waals surface area contributed by atoms with Crippen LogP contribution in [-0.2, 0) is 19.0 Å². The number of esters is 1. The lowest BCUT2D eigenvalue weighted by molar-refractivity contribution is -0.153. The van der Waals surface area contributed by atoms with Crippen molar-refractivity contribution >= 4 is 5.97 Å². The van der Waals surface area contributed by atoms with Crippen LogP contribution in [0.3, 0.4) is 0 Å². The number of rotatable bonds is 11. The maximum absolute atomic E-state index is 12.2. The van der Waals surface area contributed by atoms with Gasteiger partial charge in [0.2, 0.25) is 0 Å². The van der Waals surface area contributed by atoms with Gasteiger partial charge in [-0.25, -0.2) is 4.79 Å². The first-order valence-corrected chi connectivity index (χ1v) is 11.7. The number of ether oxygens (including phenoxy) is 6. The Morgan fingerprint density at radius 2 is 1.21 bits per heavy atom. The van der Waals surface area contributed by atoms with E-state index in [4.69, 9.17) is 28.4 Å². The summed E-state index contributed by atoms with van der Waals surface area (Å²) in [6.07, 6.45) is 4.18. The minimum atomic E-state index is -0.328. The quantitative estimate of drug-likeness (QED) is 0.376. The summed E-state index contributed by atoms with van der Waals surface area (Å²) in [5, 5.41) is 0. The Kier molecular flexibility index (Phi) is 6.98. The first-order valence-electron chi connectivity index (χ1n) is 11.7. The van der Waals surface area contributed by atoms with Gasteiger partial charge in [0.25, 0.3) is 0 Å². The standard InChI is InChI=1S/C26H30O7/c27-26(17-32-22-11-9-21(10-12-22)29-14-25-16-31-25)33-23-7-3-19(4-8-23)18-1-5-20(6-2-18)28-13-24-15-30-24/h1-2,5-6,9-12,19,23-25H,3-4,7-8,13-17H2/t19-,23-,24?,25?. The number of hydrogen-bond donors (Lipinski definition) is 0. The van der Waals surface area contributed by atoms with E-state index in [1.807, 2.05) is 24.3 Å². The van der Waals surface area contributed by atoms with Crippen molar-refractivity contribution in [2.75, 3.05) is 33.0 Å². The van der Waals surface area contributed by atoms with Gasteiger partial charge >= 0.3 is 5.97 Å². The predicted octanol–water partition coefficient (Wildman–Crippen LogP) is 3.89. The fourth-order valence-corrected chi connectivity index (χ4v) is 4.05. The van der Waals surface area contributed by atoms with Gasteiger partial charge in [-0.1, -0.05) is 12.1 Å². The Labute approximate surface area is 193 Å². The molecule has 2 atom stereocenters. The van der Waals surface area contributed by atoms with Crippen LogP contribution in [0.5, 0.6) is 17.2 Å². The van der Waals surface area contributed by atoms with Crippen molar-refractivity contribution < 1.29 is 33.2 Å². The summed E-state index contributed by atoms with van der Waals surface area (Å²) in [7, 11) is 0. The molecule has 0 radical (unpaired) electrons. The number of hydrogen-bond acceptors (Lipinski definition) is 7. The van der Waals surface area contributed by atoms with Crippen LogP contribution in [0.1, 0.15) is 37.2 Å². The fraction of sp³-hybridized carbons (Fsp3) is 0.500. The maximum atomic E-state index is 12.2. The fourth-order valence-electron chi connectivity index (χ4n) is 4.05. The molecule has 176 valence electrons. The lowest BCUT2D eigenvalue weighted by Gasteiger charge is -2.28. The van der Waals surface area contributed by atoms with Crippen molar-refractivity contribution in [2.45, 2.75) is 49.9 Å². The van der Waals surface area contributed by atoms with Crippen LogP contribution in [0.4, 0.5) is 0 Å². The smallest absolute Gasteiger partial charge is 0.344 e. The molecule has 33 heavy (non-hydrogen) atoms. The normalized spacial score (nSPS) is 25.7. The van der Waals surface area contributed by atoms with Crippen LogP contribution in [0.2, 0.25) is 0 Å².